The molecule has 0 spiro atoms. The molecule has 0 unspecified atom stereocenters. The van der Waals surface area contributed by atoms with Crippen molar-refractivity contribution in [1.82, 2.24) is 29.4 Å². The normalized spacial score (nSPS) is 23.5. The zero-order valence-corrected chi connectivity index (χ0v) is 13.2. The van der Waals surface area contributed by atoms with Crippen molar-refractivity contribution in [2.24, 2.45) is 7.05 Å². The summed E-state index contributed by atoms with van der Waals surface area (Å²) in [4.78, 5) is 15.0. The molecule has 0 N–H and O–H groups in total. The quantitative estimate of drug-likeness (QED) is 0.783. The van der Waals surface area contributed by atoms with Crippen LogP contribution >= 0.6 is 0 Å². The van der Waals surface area contributed by atoms with Crippen molar-refractivity contribution in [1.29, 1.82) is 0 Å². The third-order valence-electron chi connectivity index (χ3n) is 5.01. The van der Waals surface area contributed by atoms with E-state index in [2.05, 4.69) is 19.9 Å². The molecule has 22 heavy (non-hydrogen) atoms. The van der Waals surface area contributed by atoms with E-state index < -0.39 is 0 Å². The summed E-state index contributed by atoms with van der Waals surface area (Å²) in [6, 6.07) is 2.30. The fraction of sp³-hybridized carbons (Fsp3) is 0.600. The molecule has 2 aromatic heterocycles. The topological polar surface area (TPSA) is 68.8 Å². The van der Waals surface area contributed by atoms with Crippen LogP contribution in [-0.4, -0.2) is 47.4 Å². The summed E-state index contributed by atoms with van der Waals surface area (Å²) in [5.41, 5.74) is 1.55. The summed E-state index contributed by atoms with van der Waals surface area (Å²) in [6.45, 7) is 4.73. The van der Waals surface area contributed by atoms with E-state index in [1.807, 2.05) is 31.9 Å². The monoisotopic (exact) mass is 300 g/mol. The predicted molar refractivity (Wildman–Crippen MR) is 79.4 cm³/mol. The minimum atomic E-state index is 0.0487. The van der Waals surface area contributed by atoms with Gasteiger partial charge in [0.25, 0.3) is 5.91 Å². The zero-order chi connectivity index (χ0) is 15.4. The Labute approximate surface area is 128 Å². The van der Waals surface area contributed by atoms with Gasteiger partial charge in [-0.3, -0.25) is 9.48 Å². The highest BCUT2D eigenvalue weighted by molar-refractivity contribution is 5.93. The predicted octanol–water partition coefficient (Wildman–Crippen LogP) is 0.858. The van der Waals surface area contributed by atoms with Crippen molar-refractivity contribution < 1.29 is 4.79 Å². The van der Waals surface area contributed by atoms with Gasteiger partial charge < -0.3 is 9.47 Å². The van der Waals surface area contributed by atoms with Gasteiger partial charge >= 0.3 is 0 Å². The maximum absolute atomic E-state index is 12.9. The second kappa shape index (κ2) is 4.66. The molecule has 1 amide bonds. The van der Waals surface area contributed by atoms with E-state index in [1.54, 1.807) is 4.68 Å². The summed E-state index contributed by atoms with van der Waals surface area (Å²) >= 11 is 0. The molecule has 7 heteroatoms. The molecule has 2 aliphatic rings. The average molecular weight is 300 g/mol. The number of aryl methyl sites for hydroxylation is 3. The highest BCUT2D eigenvalue weighted by Gasteiger charge is 2.41. The van der Waals surface area contributed by atoms with Crippen molar-refractivity contribution in [3.8, 4) is 0 Å². The highest BCUT2D eigenvalue weighted by atomic mass is 16.2. The average Bonchev–Trinajstić information content (AvgIpc) is 3.08. The van der Waals surface area contributed by atoms with Gasteiger partial charge in [-0.1, -0.05) is 0 Å². The molecule has 4 rings (SSSR count). The second-order valence-electron chi connectivity index (χ2n) is 6.37. The highest BCUT2D eigenvalue weighted by Crippen LogP contribution is 2.32. The number of nitrogens with zero attached hydrogens (tertiary/aromatic N) is 6. The van der Waals surface area contributed by atoms with E-state index in [4.69, 9.17) is 0 Å². The van der Waals surface area contributed by atoms with E-state index in [-0.39, 0.29) is 18.0 Å². The zero-order valence-electron chi connectivity index (χ0n) is 13.2. The van der Waals surface area contributed by atoms with Gasteiger partial charge in [0.15, 0.2) is 5.69 Å². The van der Waals surface area contributed by atoms with E-state index in [1.165, 1.54) is 0 Å². The Hall–Kier alpha value is -2.18. The third kappa shape index (κ3) is 1.88. The van der Waals surface area contributed by atoms with Crippen LogP contribution in [0.5, 0.6) is 0 Å². The molecule has 2 bridgehead atoms. The molecule has 1 saturated heterocycles. The largest absolute Gasteiger partial charge is 0.329 e. The van der Waals surface area contributed by atoms with Crippen LogP contribution in [-0.2, 0) is 20.0 Å². The molecule has 7 nitrogen and oxygen atoms in total. The smallest absolute Gasteiger partial charge is 0.274 e. The second-order valence-corrected chi connectivity index (χ2v) is 6.37. The first-order valence-electron chi connectivity index (χ1n) is 7.76. The lowest BCUT2D eigenvalue weighted by atomic mass is 10.1. The Bertz CT molecular complexity index is 726. The number of hydrogen-bond donors (Lipinski definition) is 0. The van der Waals surface area contributed by atoms with Gasteiger partial charge in [-0.15, -0.1) is 10.2 Å². The molecule has 0 aliphatic carbocycles. The lowest BCUT2D eigenvalue weighted by molar-refractivity contribution is 0.0658. The summed E-state index contributed by atoms with van der Waals surface area (Å²) in [6.07, 6.45) is 2.86. The molecule has 0 aromatic carbocycles. The van der Waals surface area contributed by atoms with Crippen LogP contribution in [0.25, 0.3) is 0 Å². The molecular formula is C15H20N6O. The molecule has 0 radical (unpaired) electrons. The van der Waals surface area contributed by atoms with Crippen molar-refractivity contribution >= 4 is 5.91 Å². The molecule has 0 saturated carbocycles. The minimum absolute atomic E-state index is 0.0487. The van der Waals surface area contributed by atoms with E-state index in [9.17, 15) is 4.79 Å². The maximum atomic E-state index is 12.9. The SMILES string of the molecule is Cc1cc(C(=O)N2[C@@H]3CC[C@H]2Cc2nnc(C)n2C3)nn1C. The lowest BCUT2D eigenvalue weighted by Gasteiger charge is -2.27. The molecule has 2 atom stereocenters. The number of carbonyl (C=O) groups is 1. The van der Waals surface area contributed by atoms with Gasteiger partial charge in [-0.05, 0) is 32.8 Å². The van der Waals surface area contributed by atoms with Gasteiger partial charge in [0, 0.05) is 31.7 Å². The first-order valence-corrected chi connectivity index (χ1v) is 7.76. The molecule has 116 valence electrons. The van der Waals surface area contributed by atoms with E-state index in [0.29, 0.717) is 5.69 Å². The van der Waals surface area contributed by atoms with Gasteiger partial charge in [0.05, 0.1) is 6.04 Å². The Morgan fingerprint density at radius 1 is 1.23 bits per heavy atom. The molecule has 1 fully saturated rings. The van der Waals surface area contributed by atoms with Crippen molar-refractivity contribution in [3.05, 3.63) is 29.1 Å². The number of fused-ring (bicyclic) bond motifs is 3. The summed E-state index contributed by atoms with van der Waals surface area (Å²) in [5, 5.41) is 12.8. The summed E-state index contributed by atoms with van der Waals surface area (Å²) < 4.78 is 3.92. The van der Waals surface area contributed by atoms with Crippen molar-refractivity contribution in [3.63, 3.8) is 0 Å². The number of aromatic nitrogens is 5. The standard InChI is InChI=1S/C15H20N6O/c1-9-6-13(18-19(9)3)15(22)21-11-4-5-12(21)8-20-10(2)16-17-14(20)7-11/h6,11-12H,4-5,7-8H2,1-3H3/t11-,12+/m0/s1. The number of hydrogen-bond acceptors (Lipinski definition) is 4. The van der Waals surface area contributed by atoms with Crippen molar-refractivity contribution in [2.75, 3.05) is 0 Å². The van der Waals surface area contributed by atoms with Gasteiger partial charge in [-0.2, -0.15) is 5.10 Å². The summed E-state index contributed by atoms with van der Waals surface area (Å²) in [5.74, 6) is 1.98. The third-order valence-corrected chi connectivity index (χ3v) is 5.01. The molecule has 2 aliphatic heterocycles. The van der Waals surface area contributed by atoms with E-state index >= 15 is 0 Å². The van der Waals surface area contributed by atoms with Crippen LogP contribution < -0.4 is 0 Å². The van der Waals surface area contributed by atoms with Gasteiger partial charge in [0.1, 0.15) is 11.6 Å². The van der Waals surface area contributed by atoms with Crippen LogP contribution in [0.4, 0.5) is 0 Å². The maximum Gasteiger partial charge on any atom is 0.274 e. The Morgan fingerprint density at radius 3 is 2.73 bits per heavy atom. The number of rotatable bonds is 1. The van der Waals surface area contributed by atoms with Gasteiger partial charge in [-0.25, -0.2) is 0 Å². The minimum Gasteiger partial charge on any atom is -0.329 e. The van der Waals surface area contributed by atoms with Gasteiger partial charge in [0.2, 0.25) is 0 Å². The Balaban J connectivity index is 1.67. The first kappa shape index (κ1) is 13.5. The molecule has 2 aromatic rings. The fourth-order valence-electron chi connectivity index (χ4n) is 3.70. The Morgan fingerprint density at radius 2 is 2.00 bits per heavy atom. The van der Waals surface area contributed by atoms with E-state index in [0.717, 1.165) is 43.1 Å². The number of amides is 1. The number of carbonyl (C=O) groups excluding carboxylic acids is 1. The van der Waals surface area contributed by atoms with Crippen LogP contribution in [0.3, 0.4) is 0 Å². The Kier molecular flexibility index (Phi) is 2.85. The molecular weight excluding hydrogens is 280 g/mol. The van der Waals surface area contributed by atoms with Crippen LogP contribution in [0, 0.1) is 13.8 Å². The molecule has 4 heterocycles. The van der Waals surface area contributed by atoms with Crippen LogP contribution in [0.15, 0.2) is 6.07 Å². The first-order chi connectivity index (χ1) is 10.5. The summed E-state index contributed by atoms with van der Waals surface area (Å²) in [7, 11) is 1.87. The van der Waals surface area contributed by atoms with Crippen LogP contribution in [0.2, 0.25) is 0 Å². The van der Waals surface area contributed by atoms with Crippen LogP contribution in [0.1, 0.15) is 40.7 Å². The fourth-order valence-corrected chi connectivity index (χ4v) is 3.70. The van der Waals surface area contributed by atoms with Crippen molar-refractivity contribution in [2.45, 2.75) is 51.7 Å². The lowest BCUT2D eigenvalue weighted by Crippen LogP contribution is -2.42.